The molecule has 1 rings (SSSR count). The number of amidine groups is 1. The molecule has 0 spiro atoms. The van der Waals surface area contributed by atoms with Crippen LogP contribution in [0.4, 0.5) is 4.79 Å². The second-order valence-corrected chi connectivity index (χ2v) is 1.97. The van der Waals surface area contributed by atoms with Crippen LogP contribution in [0.3, 0.4) is 0 Å². The second kappa shape index (κ2) is 1.72. The Bertz CT molecular complexity index is 166. The Morgan fingerprint density at radius 1 is 1.78 bits per heavy atom. The van der Waals surface area contributed by atoms with Gasteiger partial charge in [0.15, 0.2) is 6.10 Å². The van der Waals surface area contributed by atoms with Crippen molar-refractivity contribution >= 4 is 11.9 Å². The molecule has 1 aliphatic rings. The molecule has 4 nitrogen and oxygen atoms in total. The standard InChI is InChI=1S/C5H8N2O2/c1-3-4(6)7(2)5(8)9-3/h3,6H,1-2H3. The Morgan fingerprint density at radius 2 is 2.33 bits per heavy atom. The van der Waals surface area contributed by atoms with E-state index < -0.39 is 6.09 Å². The van der Waals surface area contributed by atoms with Crippen molar-refractivity contribution in [3.05, 3.63) is 0 Å². The molecule has 1 fully saturated rings. The number of amides is 1. The Balaban J connectivity index is 2.77. The SMILES string of the molecule is CC1OC(=O)N(C)C1=N. The van der Waals surface area contributed by atoms with Crippen LogP contribution in [0.15, 0.2) is 0 Å². The zero-order valence-corrected chi connectivity index (χ0v) is 5.34. The van der Waals surface area contributed by atoms with Crippen molar-refractivity contribution in [2.75, 3.05) is 7.05 Å². The summed E-state index contributed by atoms with van der Waals surface area (Å²) in [5, 5.41) is 7.17. The van der Waals surface area contributed by atoms with Crippen LogP contribution in [0.2, 0.25) is 0 Å². The molecule has 1 amide bonds. The molecule has 0 aromatic heterocycles. The average Bonchev–Trinajstić information content (AvgIpc) is 1.98. The number of carbonyl (C=O) groups excluding carboxylic acids is 1. The van der Waals surface area contributed by atoms with Crippen molar-refractivity contribution in [3.63, 3.8) is 0 Å². The van der Waals surface area contributed by atoms with E-state index in [1.54, 1.807) is 6.92 Å². The molecular weight excluding hydrogens is 120 g/mol. The summed E-state index contributed by atoms with van der Waals surface area (Å²) >= 11 is 0. The van der Waals surface area contributed by atoms with Gasteiger partial charge in [-0.25, -0.2) is 4.79 Å². The first-order valence-electron chi connectivity index (χ1n) is 2.65. The highest BCUT2D eigenvalue weighted by atomic mass is 16.6. The fourth-order valence-corrected chi connectivity index (χ4v) is 0.657. The molecule has 1 atom stereocenters. The summed E-state index contributed by atoms with van der Waals surface area (Å²) in [5.41, 5.74) is 0. The topological polar surface area (TPSA) is 53.4 Å². The Morgan fingerprint density at radius 3 is 2.44 bits per heavy atom. The van der Waals surface area contributed by atoms with Crippen LogP contribution in [0.25, 0.3) is 0 Å². The van der Waals surface area contributed by atoms with E-state index in [9.17, 15) is 4.79 Å². The number of carbonyl (C=O) groups is 1. The first-order chi connectivity index (χ1) is 4.13. The molecule has 4 heteroatoms. The van der Waals surface area contributed by atoms with Crippen molar-refractivity contribution < 1.29 is 9.53 Å². The second-order valence-electron chi connectivity index (χ2n) is 1.97. The first kappa shape index (κ1) is 6.07. The van der Waals surface area contributed by atoms with Gasteiger partial charge in [-0.15, -0.1) is 0 Å². The lowest BCUT2D eigenvalue weighted by atomic mass is 10.4. The Kier molecular flexibility index (Phi) is 1.16. The normalized spacial score (nSPS) is 26.9. The molecule has 1 aliphatic heterocycles. The lowest BCUT2D eigenvalue weighted by molar-refractivity contribution is 0.142. The third-order valence-electron chi connectivity index (χ3n) is 1.30. The van der Waals surface area contributed by atoms with Crippen LogP contribution in [0.5, 0.6) is 0 Å². The van der Waals surface area contributed by atoms with Gasteiger partial charge in [-0.05, 0) is 6.92 Å². The van der Waals surface area contributed by atoms with E-state index in [2.05, 4.69) is 4.74 Å². The van der Waals surface area contributed by atoms with Gasteiger partial charge in [0, 0.05) is 7.05 Å². The van der Waals surface area contributed by atoms with Crippen molar-refractivity contribution in [1.29, 1.82) is 5.41 Å². The molecule has 1 saturated heterocycles. The van der Waals surface area contributed by atoms with E-state index in [-0.39, 0.29) is 11.9 Å². The Hall–Kier alpha value is -1.06. The molecule has 1 unspecified atom stereocenters. The van der Waals surface area contributed by atoms with Gasteiger partial charge in [0.2, 0.25) is 0 Å². The number of rotatable bonds is 0. The first-order valence-corrected chi connectivity index (χ1v) is 2.65. The molecule has 0 aromatic rings. The van der Waals surface area contributed by atoms with Gasteiger partial charge in [-0.2, -0.15) is 0 Å². The maximum absolute atomic E-state index is 10.6. The van der Waals surface area contributed by atoms with E-state index in [1.807, 2.05) is 0 Å². The van der Waals surface area contributed by atoms with Crippen LogP contribution in [0.1, 0.15) is 6.92 Å². The van der Waals surface area contributed by atoms with Gasteiger partial charge in [-0.1, -0.05) is 0 Å². The summed E-state index contributed by atoms with van der Waals surface area (Å²) in [5.74, 6) is 0.222. The molecule has 1 N–H and O–H groups in total. The summed E-state index contributed by atoms with van der Waals surface area (Å²) in [7, 11) is 1.52. The summed E-state index contributed by atoms with van der Waals surface area (Å²) in [6.07, 6.45) is -0.810. The highest BCUT2D eigenvalue weighted by molar-refractivity contribution is 6.00. The zero-order chi connectivity index (χ0) is 7.02. The van der Waals surface area contributed by atoms with E-state index in [4.69, 9.17) is 5.41 Å². The molecular formula is C5H8N2O2. The molecule has 50 valence electrons. The van der Waals surface area contributed by atoms with Gasteiger partial charge in [0.1, 0.15) is 5.84 Å². The summed E-state index contributed by atoms with van der Waals surface area (Å²) in [4.78, 5) is 11.7. The molecule has 1 heterocycles. The number of nitrogens with one attached hydrogen (secondary N) is 1. The predicted molar refractivity (Wildman–Crippen MR) is 31.4 cm³/mol. The minimum Gasteiger partial charge on any atom is -0.438 e. The van der Waals surface area contributed by atoms with Crippen LogP contribution < -0.4 is 0 Å². The van der Waals surface area contributed by atoms with Crippen LogP contribution in [0, 0.1) is 5.41 Å². The van der Waals surface area contributed by atoms with Gasteiger partial charge < -0.3 is 4.74 Å². The van der Waals surface area contributed by atoms with Crippen molar-refractivity contribution in [3.8, 4) is 0 Å². The van der Waals surface area contributed by atoms with Gasteiger partial charge in [0.25, 0.3) is 0 Å². The number of hydrogen-bond acceptors (Lipinski definition) is 3. The predicted octanol–water partition coefficient (Wildman–Crippen LogP) is 0.434. The fraction of sp³-hybridized carbons (Fsp3) is 0.600. The van der Waals surface area contributed by atoms with E-state index in [0.717, 1.165) is 0 Å². The minimum absolute atomic E-state index is 0.222. The molecule has 0 saturated carbocycles. The molecule has 9 heavy (non-hydrogen) atoms. The summed E-state index contributed by atoms with van der Waals surface area (Å²) < 4.78 is 4.65. The van der Waals surface area contributed by atoms with Crippen LogP contribution >= 0.6 is 0 Å². The lowest BCUT2D eigenvalue weighted by Crippen LogP contribution is -2.25. The number of likely N-dealkylation sites (N-methyl/N-ethyl adjacent to an activating group) is 1. The average molecular weight is 128 g/mol. The maximum Gasteiger partial charge on any atom is 0.415 e. The monoisotopic (exact) mass is 128 g/mol. The molecule has 0 aromatic carbocycles. The largest absolute Gasteiger partial charge is 0.438 e. The number of nitrogens with zero attached hydrogens (tertiary/aromatic N) is 1. The quantitative estimate of drug-likeness (QED) is 0.514. The Labute approximate surface area is 52.9 Å². The molecule has 0 bridgehead atoms. The van der Waals surface area contributed by atoms with Crippen LogP contribution in [-0.2, 0) is 4.74 Å². The van der Waals surface area contributed by atoms with Crippen molar-refractivity contribution in [1.82, 2.24) is 4.90 Å². The minimum atomic E-state index is -0.437. The zero-order valence-electron chi connectivity index (χ0n) is 5.34. The summed E-state index contributed by atoms with van der Waals surface area (Å²) in [6, 6.07) is 0. The van der Waals surface area contributed by atoms with Gasteiger partial charge in [0.05, 0.1) is 0 Å². The smallest absolute Gasteiger partial charge is 0.415 e. The van der Waals surface area contributed by atoms with E-state index >= 15 is 0 Å². The number of ether oxygens (including phenoxy) is 1. The summed E-state index contributed by atoms with van der Waals surface area (Å²) in [6.45, 7) is 1.67. The third kappa shape index (κ3) is 0.759. The molecule has 0 aliphatic carbocycles. The van der Waals surface area contributed by atoms with Gasteiger partial charge >= 0.3 is 6.09 Å². The van der Waals surface area contributed by atoms with E-state index in [1.165, 1.54) is 11.9 Å². The molecule has 0 radical (unpaired) electrons. The highest BCUT2D eigenvalue weighted by Crippen LogP contribution is 2.08. The number of hydrogen-bond donors (Lipinski definition) is 1. The fourth-order valence-electron chi connectivity index (χ4n) is 0.657. The third-order valence-corrected chi connectivity index (χ3v) is 1.30. The van der Waals surface area contributed by atoms with Crippen molar-refractivity contribution in [2.45, 2.75) is 13.0 Å². The highest BCUT2D eigenvalue weighted by Gasteiger charge is 2.30. The van der Waals surface area contributed by atoms with Gasteiger partial charge in [-0.3, -0.25) is 10.3 Å². The lowest BCUT2D eigenvalue weighted by Gasteiger charge is -2.01. The van der Waals surface area contributed by atoms with Crippen molar-refractivity contribution in [2.24, 2.45) is 0 Å². The maximum atomic E-state index is 10.6. The number of cyclic esters (lactones) is 1. The van der Waals surface area contributed by atoms with E-state index in [0.29, 0.717) is 0 Å². The van der Waals surface area contributed by atoms with Crippen LogP contribution in [-0.4, -0.2) is 30.0 Å².